The number of carbonyl (C=O) groups excluding carboxylic acids is 6. The van der Waals surface area contributed by atoms with E-state index in [0.717, 1.165) is 9.80 Å². The van der Waals surface area contributed by atoms with Crippen LogP contribution >= 0.6 is 0 Å². The average Bonchev–Trinajstić information content (AvgIpc) is 3.27. The van der Waals surface area contributed by atoms with Crippen molar-refractivity contribution < 1.29 is 61.3 Å². The number of alkyl halides is 3. The predicted octanol–water partition coefficient (Wildman–Crippen LogP) is -1.67. The van der Waals surface area contributed by atoms with Gasteiger partial charge in [-0.2, -0.15) is 13.2 Å². The molecule has 2 saturated heterocycles. The van der Waals surface area contributed by atoms with E-state index < -0.39 is 109 Å². The number of likely N-dealkylation sites (tertiary alicyclic amines) is 2. The van der Waals surface area contributed by atoms with Crippen LogP contribution in [0.25, 0.3) is 0 Å². The fourth-order valence-electron chi connectivity index (χ4n) is 5.12. The molecule has 39 heavy (non-hydrogen) atoms. The quantitative estimate of drug-likeness (QED) is 0.188. The van der Waals surface area contributed by atoms with Gasteiger partial charge in [-0.3, -0.25) is 28.8 Å². The number of esters is 2. The zero-order valence-corrected chi connectivity index (χ0v) is 20.5. The summed E-state index contributed by atoms with van der Waals surface area (Å²) in [5.41, 5.74) is 10.9. The number of ether oxygens (including phenoxy) is 2. The molecular weight excluding hydrogens is 537 g/mol. The van der Waals surface area contributed by atoms with Gasteiger partial charge in [0.2, 0.25) is 23.6 Å². The molecular formula is C22H25F3N4O10. The van der Waals surface area contributed by atoms with Crippen molar-refractivity contribution in [3.05, 3.63) is 12.2 Å². The molecule has 1 saturated carbocycles. The molecule has 3 aliphatic carbocycles. The first-order chi connectivity index (χ1) is 18.0. The molecule has 6 unspecified atom stereocenters. The van der Waals surface area contributed by atoms with E-state index in [1.807, 2.05) is 0 Å². The first-order valence-electron chi connectivity index (χ1n) is 11.5. The molecule has 0 aromatic heterocycles. The maximum atomic E-state index is 13.0. The van der Waals surface area contributed by atoms with Crippen LogP contribution in [0.5, 0.6) is 0 Å². The van der Waals surface area contributed by atoms with Gasteiger partial charge in [-0.15, -0.1) is 0 Å². The number of hydrogen-bond donors (Lipinski definition) is 3. The van der Waals surface area contributed by atoms with Gasteiger partial charge in [-0.05, 0) is 13.8 Å². The normalized spacial score (nSPS) is 30.3. The van der Waals surface area contributed by atoms with Gasteiger partial charge in [-0.25, -0.2) is 14.6 Å². The fourth-order valence-corrected chi connectivity index (χ4v) is 5.12. The van der Waals surface area contributed by atoms with Crippen molar-refractivity contribution in [3.8, 4) is 0 Å². The number of rotatable bonds is 6. The number of carbonyl (C=O) groups is 7. The summed E-state index contributed by atoms with van der Waals surface area (Å²) in [5.74, 6) is -11.2. The SMILES string of the molecule is CC(N)C(=O)OCN1C(=O)C2C3C=CC(C2C1=O)C1C(=O)N(COC(=O)C(C)N)C(=O)C31.O=C(O)C(F)(F)F. The standard InChI is InChI=1S/C20H24N4O8.C2HF3O2/c1-7(21)19(29)31-5-23-15(25)11-9-3-4-10(12(11)16(23)26)14-13(9)17(27)24(18(14)28)6-32-20(30)8(2)22;3-2(4,5)1(6)7/h3-4,7-14H,5-6,21-22H2,1-2H3;(H,6,7). The molecule has 5 aliphatic rings. The highest BCUT2D eigenvalue weighted by Crippen LogP contribution is 2.57. The maximum Gasteiger partial charge on any atom is 0.490 e. The summed E-state index contributed by atoms with van der Waals surface area (Å²) in [5, 5.41) is 7.12. The van der Waals surface area contributed by atoms with Crippen molar-refractivity contribution in [2.75, 3.05) is 13.5 Å². The molecule has 5 N–H and O–H groups in total. The second-order valence-electron chi connectivity index (χ2n) is 9.42. The highest BCUT2D eigenvalue weighted by molar-refractivity contribution is 6.10. The molecule has 0 aromatic carbocycles. The molecule has 214 valence electrons. The van der Waals surface area contributed by atoms with E-state index in [2.05, 4.69) is 0 Å². The Hall–Kier alpha value is -3.86. The van der Waals surface area contributed by atoms with E-state index in [9.17, 15) is 41.9 Å². The number of hydrogen-bond acceptors (Lipinski definition) is 11. The summed E-state index contributed by atoms with van der Waals surface area (Å²) < 4.78 is 41.6. The molecule has 17 heteroatoms. The first-order valence-corrected chi connectivity index (χ1v) is 11.5. The Morgan fingerprint density at radius 1 is 0.795 bits per heavy atom. The third-order valence-electron chi connectivity index (χ3n) is 6.85. The lowest BCUT2D eigenvalue weighted by Crippen LogP contribution is -2.50. The number of allylic oxidation sites excluding steroid dienone is 2. The fraction of sp³-hybridized carbons (Fsp3) is 0.591. The lowest BCUT2D eigenvalue weighted by Gasteiger charge is -2.44. The van der Waals surface area contributed by atoms with Gasteiger partial charge in [-0.1, -0.05) is 12.2 Å². The van der Waals surface area contributed by atoms with Gasteiger partial charge in [0.15, 0.2) is 13.5 Å². The van der Waals surface area contributed by atoms with E-state index in [-0.39, 0.29) is 0 Å². The largest absolute Gasteiger partial charge is 0.490 e. The smallest absolute Gasteiger partial charge is 0.475 e. The predicted molar refractivity (Wildman–Crippen MR) is 117 cm³/mol. The van der Waals surface area contributed by atoms with Gasteiger partial charge in [0.1, 0.15) is 12.1 Å². The van der Waals surface area contributed by atoms with Crippen LogP contribution in [0.2, 0.25) is 0 Å². The summed E-state index contributed by atoms with van der Waals surface area (Å²) >= 11 is 0. The van der Waals surface area contributed by atoms with Crippen LogP contribution < -0.4 is 11.5 Å². The number of carboxylic acids is 1. The van der Waals surface area contributed by atoms with E-state index in [4.69, 9.17) is 30.8 Å². The van der Waals surface area contributed by atoms with Crippen molar-refractivity contribution in [1.82, 2.24) is 9.80 Å². The molecule has 2 aliphatic heterocycles. The van der Waals surface area contributed by atoms with Crippen LogP contribution in [-0.4, -0.2) is 88.2 Å². The number of nitrogens with zero attached hydrogens (tertiary/aromatic N) is 2. The number of imide groups is 2. The topological polar surface area (TPSA) is 217 Å². The van der Waals surface area contributed by atoms with Gasteiger partial charge in [0.25, 0.3) is 0 Å². The molecule has 0 spiro atoms. The molecule has 6 atom stereocenters. The van der Waals surface area contributed by atoms with Crippen molar-refractivity contribution >= 4 is 41.5 Å². The van der Waals surface area contributed by atoms with E-state index in [1.54, 1.807) is 12.2 Å². The second-order valence-corrected chi connectivity index (χ2v) is 9.42. The molecule has 2 bridgehead atoms. The second kappa shape index (κ2) is 10.7. The van der Waals surface area contributed by atoms with Gasteiger partial charge < -0.3 is 26.0 Å². The molecule has 2 heterocycles. The molecule has 0 aromatic rings. The number of halogens is 3. The van der Waals surface area contributed by atoms with Crippen LogP contribution in [0, 0.1) is 35.5 Å². The summed E-state index contributed by atoms with van der Waals surface area (Å²) in [7, 11) is 0. The summed E-state index contributed by atoms with van der Waals surface area (Å²) in [6.45, 7) is 1.69. The number of nitrogens with two attached hydrogens (primary N) is 2. The number of aliphatic carboxylic acids is 1. The lowest BCUT2D eigenvalue weighted by atomic mass is 9.54. The molecule has 3 fully saturated rings. The Morgan fingerprint density at radius 2 is 1.05 bits per heavy atom. The highest BCUT2D eigenvalue weighted by Gasteiger charge is 2.68. The molecule has 0 radical (unpaired) electrons. The summed E-state index contributed by atoms with van der Waals surface area (Å²) in [6.07, 6.45) is -1.70. The minimum absolute atomic E-state index is 0.558. The van der Waals surface area contributed by atoms with E-state index in [0.29, 0.717) is 0 Å². The van der Waals surface area contributed by atoms with Crippen LogP contribution in [0.1, 0.15) is 13.8 Å². The van der Waals surface area contributed by atoms with Crippen molar-refractivity contribution in [2.45, 2.75) is 32.1 Å². The van der Waals surface area contributed by atoms with Crippen LogP contribution in [0.3, 0.4) is 0 Å². The van der Waals surface area contributed by atoms with Gasteiger partial charge in [0.05, 0.1) is 23.7 Å². The van der Waals surface area contributed by atoms with Crippen LogP contribution in [0.15, 0.2) is 12.2 Å². The molecule has 5 rings (SSSR count). The van der Waals surface area contributed by atoms with Crippen LogP contribution in [0.4, 0.5) is 13.2 Å². The van der Waals surface area contributed by atoms with Gasteiger partial charge >= 0.3 is 24.1 Å². The average molecular weight is 562 g/mol. The lowest BCUT2D eigenvalue weighted by molar-refractivity contribution is -0.192. The third-order valence-corrected chi connectivity index (χ3v) is 6.85. The minimum atomic E-state index is -5.08. The monoisotopic (exact) mass is 562 g/mol. The first kappa shape index (κ1) is 29.7. The Bertz CT molecular complexity index is 1020. The Morgan fingerprint density at radius 3 is 1.26 bits per heavy atom. The van der Waals surface area contributed by atoms with E-state index in [1.165, 1.54) is 13.8 Å². The maximum absolute atomic E-state index is 13.0. The zero-order chi connectivity index (χ0) is 29.6. The Balaban J connectivity index is 0.000000532. The molecule has 14 nitrogen and oxygen atoms in total. The highest BCUT2D eigenvalue weighted by atomic mass is 19.4. The zero-order valence-electron chi connectivity index (χ0n) is 20.5. The molecule has 4 amide bonds. The van der Waals surface area contributed by atoms with Crippen molar-refractivity contribution in [2.24, 2.45) is 47.0 Å². The van der Waals surface area contributed by atoms with Crippen molar-refractivity contribution in [3.63, 3.8) is 0 Å². The van der Waals surface area contributed by atoms with Crippen LogP contribution in [-0.2, 0) is 43.0 Å². The van der Waals surface area contributed by atoms with E-state index >= 15 is 0 Å². The van der Waals surface area contributed by atoms with Crippen molar-refractivity contribution in [1.29, 1.82) is 0 Å². The Labute approximate surface area is 218 Å². The summed E-state index contributed by atoms with van der Waals surface area (Å²) in [6, 6.07) is -1.83. The summed E-state index contributed by atoms with van der Waals surface area (Å²) in [4.78, 5) is 86.0. The Kier molecular flexibility index (Phi) is 8.16. The number of amides is 4. The van der Waals surface area contributed by atoms with Gasteiger partial charge in [0, 0.05) is 11.8 Å². The number of carboxylic acid groups (broad SMARTS) is 1. The third kappa shape index (κ3) is 5.36. The minimum Gasteiger partial charge on any atom is -0.475 e.